The van der Waals surface area contributed by atoms with Crippen LogP contribution in [0.25, 0.3) is 10.8 Å². The van der Waals surface area contributed by atoms with E-state index in [0.29, 0.717) is 28.1 Å². The van der Waals surface area contributed by atoms with Crippen LogP contribution in [0.15, 0.2) is 63.5 Å². The van der Waals surface area contributed by atoms with Gasteiger partial charge < -0.3 is 9.47 Å². The van der Waals surface area contributed by atoms with Crippen LogP contribution >= 0.6 is 31.9 Å². The normalized spacial score (nSPS) is 10.5. The molecular formula is C23H22Br2N2O4. The molecule has 0 saturated heterocycles. The number of benzene rings is 3. The molecule has 0 radical (unpaired) electrons. The molecule has 0 aliphatic heterocycles. The molecule has 0 bridgehead atoms. The highest BCUT2D eigenvalue weighted by atomic mass is 79.9. The van der Waals surface area contributed by atoms with E-state index in [-0.39, 0.29) is 6.61 Å². The molecule has 0 heterocycles. The third-order valence-corrected chi connectivity index (χ3v) is 5.89. The second-order valence-electron chi connectivity index (χ2n) is 6.74. The Kier molecular flexibility index (Phi) is 8.31. The van der Waals surface area contributed by atoms with Gasteiger partial charge in [-0.15, -0.1) is 0 Å². The average molecular weight is 550 g/mol. The number of carbonyl (C=O) groups excluding carboxylic acids is 2. The lowest BCUT2D eigenvalue weighted by atomic mass is 10.1. The molecule has 31 heavy (non-hydrogen) atoms. The van der Waals surface area contributed by atoms with E-state index in [0.717, 1.165) is 28.1 Å². The summed E-state index contributed by atoms with van der Waals surface area (Å²) < 4.78 is 12.7. The monoisotopic (exact) mass is 548 g/mol. The first-order valence-corrected chi connectivity index (χ1v) is 11.4. The Morgan fingerprint density at radius 2 is 1.71 bits per heavy atom. The van der Waals surface area contributed by atoms with Crippen LogP contribution in [0.1, 0.15) is 30.1 Å². The summed E-state index contributed by atoms with van der Waals surface area (Å²) >= 11 is 6.92. The molecule has 8 heteroatoms. The molecule has 0 spiro atoms. The molecule has 2 amide bonds. The Hall–Kier alpha value is -2.58. The van der Waals surface area contributed by atoms with E-state index < -0.39 is 11.8 Å². The number of fused-ring (bicyclic) bond motifs is 1. The molecule has 0 atom stereocenters. The number of hydrazine groups is 1. The maximum Gasteiger partial charge on any atom is 0.276 e. The summed E-state index contributed by atoms with van der Waals surface area (Å²) in [5.41, 5.74) is 5.13. The Balaban J connectivity index is 1.51. The number of halogens is 2. The minimum Gasteiger partial charge on any atom is -0.492 e. The molecule has 3 aromatic carbocycles. The highest BCUT2D eigenvalue weighted by Crippen LogP contribution is 2.33. The van der Waals surface area contributed by atoms with Gasteiger partial charge in [-0.1, -0.05) is 43.7 Å². The Labute approximate surface area is 197 Å². The second-order valence-corrected chi connectivity index (χ2v) is 8.38. The average Bonchev–Trinajstić information content (AvgIpc) is 2.78. The fraction of sp³-hybridized carbons (Fsp3) is 0.217. The number of amides is 2. The lowest BCUT2D eigenvalue weighted by Gasteiger charge is -2.12. The molecule has 3 aromatic rings. The fourth-order valence-corrected chi connectivity index (χ4v) is 3.89. The van der Waals surface area contributed by atoms with E-state index >= 15 is 0 Å². The van der Waals surface area contributed by atoms with E-state index in [2.05, 4.69) is 49.6 Å². The lowest BCUT2D eigenvalue weighted by molar-refractivity contribution is -0.123. The van der Waals surface area contributed by atoms with Crippen LogP contribution in [0.5, 0.6) is 11.5 Å². The van der Waals surface area contributed by atoms with Crippen molar-refractivity contribution < 1.29 is 19.1 Å². The zero-order valence-electron chi connectivity index (χ0n) is 16.9. The van der Waals surface area contributed by atoms with Gasteiger partial charge in [0.05, 0.1) is 15.6 Å². The summed E-state index contributed by atoms with van der Waals surface area (Å²) in [5, 5.41) is 2.05. The summed E-state index contributed by atoms with van der Waals surface area (Å²) in [6, 6.07) is 16.6. The number of carbonyl (C=O) groups is 2. The van der Waals surface area contributed by atoms with Gasteiger partial charge in [0.1, 0.15) is 11.5 Å². The highest BCUT2D eigenvalue weighted by Gasteiger charge is 2.12. The van der Waals surface area contributed by atoms with Crippen molar-refractivity contribution in [1.29, 1.82) is 0 Å². The van der Waals surface area contributed by atoms with Gasteiger partial charge >= 0.3 is 0 Å². The number of ether oxygens (including phenoxy) is 2. The van der Waals surface area contributed by atoms with Crippen molar-refractivity contribution >= 4 is 54.4 Å². The van der Waals surface area contributed by atoms with Gasteiger partial charge in [-0.25, -0.2) is 0 Å². The van der Waals surface area contributed by atoms with E-state index in [9.17, 15) is 9.59 Å². The van der Waals surface area contributed by atoms with Crippen LogP contribution in [0, 0.1) is 0 Å². The molecule has 0 saturated carbocycles. The lowest BCUT2D eigenvalue weighted by Crippen LogP contribution is -2.43. The zero-order chi connectivity index (χ0) is 22.2. The smallest absolute Gasteiger partial charge is 0.276 e. The van der Waals surface area contributed by atoms with Gasteiger partial charge in [0.15, 0.2) is 6.61 Å². The van der Waals surface area contributed by atoms with Crippen LogP contribution in [0.4, 0.5) is 0 Å². The first-order valence-electron chi connectivity index (χ1n) is 9.81. The summed E-state index contributed by atoms with van der Waals surface area (Å²) in [6.07, 6.45) is 2.00. The molecule has 0 fully saturated rings. The number of nitrogens with one attached hydrogen (secondary N) is 2. The van der Waals surface area contributed by atoms with Gasteiger partial charge in [-0.05, 0) is 73.3 Å². The molecule has 2 N–H and O–H groups in total. The maximum atomic E-state index is 12.3. The largest absolute Gasteiger partial charge is 0.492 e. The van der Waals surface area contributed by atoms with E-state index in [1.165, 1.54) is 0 Å². The Morgan fingerprint density at radius 1 is 0.935 bits per heavy atom. The quantitative estimate of drug-likeness (QED) is 0.292. The van der Waals surface area contributed by atoms with Gasteiger partial charge in [-0.3, -0.25) is 20.4 Å². The van der Waals surface area contributed by atoms with Gasteiger partial charge in [0.25, 0.3) is 11.8 Å². The van der Waals surface area contributed by atoms with Gasteiger partial charge in [0, 0.05) is 5.56 Å². The standard InChI is InChI=1S/C23H22Br2N2O4/c1-2-3-12-30-19-10-9-16(13-18(19)24)23(29)27-26-21(28)14-31-20-11-8-15-6-4-5-7-17(15)22(20)25/h4-11,13H,2-3,12,14H2,1H3,(H,26,28)(H,27,29). The summed E-state index contributed by atoms with van der Waals surface area (Å²) in [6.45, 7) is 2.46. The summed E-state index contributed by atoms with van der Waals surface area (Å²) in [4.78, 5) is 24.4. The number of hydrogen-bond acceptors (Lipinski definition) is 4. The van der Waals surface area contributed by atoms with Crippen LogP contribution in [0.2, 0.25) is 0 Å². The summed E-state index contributed by atoms with van der Waals surface area (Å²) in [5.74, 6) is 0.291. The molecule has 0 aliphatic rings. The topological polar surface area (TPSA) is 76.7 Å². The molecule has 162 valence electrons. The molecule has 0 aliphatic carbocycles. The first kappa shape index (κ1) is 23.1. The SMILES string of the molecule is CCCCOc1ccc(C(=O)NNC(=O)COc2ccc3ccccc3c2Br)cc1Br. The van der Waals surface area contributed by atoms with Gasteiger partial charge in [0.2, 0.25) is 0 Å². The minimum absolute atomic E-state index is 0.245. The van der Waals surface area contributed by atoms with Crippen molar-refractivity contribution in [2.24, 2.45) is 0 Å². The van der Waals surface area contributed by atoms with Crippen molar-refractivity contribution in [3.05, 3.63) is 69.1 Å². The third-order valence-electron chi connectivity index (χ3n) is 4.45. The predicted molar refractivity (Wildman–Crippen MR) is 127 cm³/mol. The molecular weight excluding hydrogens is 528 g/mol. The Bertz CT molecular complexity index is 1090. The second kappa shape index (κ2) is 11.2. The highest BCUT2D eigenvalue weighted by molar-refractivity contribution is 9.11. The maximum absolute atomic E-state index is 12.3. The number of hydrogen-bond donors (Lipinski definition) is 2. The van der Waals surface area contributed by atoms with Crippen LogP contribution in [0.3, 0.4) is 0 Å². The van der Waals surface area contributed by atoms with E-state index in [1.54, 1.807) is 24.3 Å². The summed E-state index contributed by atoms with van der Waals surface area (Å²) in [7, 11) is 0. The number of rotatable bonds is 8. The Morgan fingerprint density at radius 3 is 2.48 bits per heavy atom. The van der Waals surface area contributed by atoms with Crippen molar-refractivity contribution in [3.63, 3.8) is 0 Å². The third kappa shape index (κ3) is 6.21. The van der Waals surface area contributed by atoms with Crippen LogP contribution < -0.4 is 20.3 Å². The van der Waals surface area contributed by atoms with Crippen LogP contribution in [-0.2, 0) is 4.79 Å². The van der Waals surface area contributed by atoms with Crippen molar-refractivity contribution in [2.45, 2.75) is 19.8 Å². The van der Waals surface area contributed by atoms with Crippen molar-refractivity contribution in [3.8, 4) is 11.5 Å². The van der Waals surface area contributed by atoms with Crippen LogP contribution in [-0.4, -0.2) is 25.0 Å². The van der Waals surface area contributed by atoms with Crippen molar-refractivity contribution in [2.75, 3.05) is 13.2 Å². The number of unbranched alkanes of at least 4 members (excludes halogenated alkanes) is 1. The zero-order valence-corrected chi connectivity index (χ0v) is 20.1. The molecule has 3 rings (SSSR count). The minimum atomic E-state index is -0.480. The van der Waals surface area contributed by atoms with E-state index in [4.69, 9.17) is 9.47 Å². The molecule has 6 nitrogen and oxygen atoms in total. The predicted octanol–water partition coefficient (Wildman–Crippen LogP) is 5.38. The first-order chi connectivity index (χ1) is 15.0. The van der Waals surface area contributed by atoms with Gasteiger partial charge in [-0.2, -0.15) is 0 Å². The molecule has 0 unspecified atom stereocenters. The van der Waals surface area contributed by atoms with Crippen molar-refractivity contribution in [1.82, 2.24) is 10.9 Å². The molecule has 0 aromatic heterocycles. The van der Waals surface area contributed by atoms with E-state index in [1.807, 2.05) is 30.3 Å². The fourth-order valence-electron chi connectivity index (χ4n) is 2.79.